The van der Waals surface area contributed by atoms with E-state index in [2.05, 4.69) is 40.3 Å². The average Bonchev–Trinajstić information content (AvgIpc) is 2.37. The zero-order valence-electron chi connectivity index (χ0n) is 12.6. The zero-order chi connectivity index (χ0) is 15.4. The maximum absolute atomic E-state index is 5.94. The molecule has 0 saturated carbocycles. The summed E-state index contributed by atoms with van der Waals surface area (Å²) < 4.78 is 6.79. The van der Waals surface area contributed by atoms with Crippen molar-refractivity contribution in [2.45, 2.75) is 32.9 Å². The Morgan fingerprint density at radius 1 is 1.05 bits per heavy atom. The zero-order valence-corrected chi connectivity index (χ0v) is 14.1. The van der Waals surface area contributed by atoms with Crippen LogP contribution in [0.4, 0.5) is 11.4 Å². The van der Waals surface area contributed by atoms with Gasteiger partial charge in [0.2, 0.25) is 0 Å². The quantitative estimate of drug-likeness (QED) is 0.748. The van der Waals surface area contributed by atoms with Crippen molar-refractivity contribution in [3.63, 3.8) is 0 Å². The molecule has 0 amide bonds. The van der Waals surface area contributed by atoms with Crippen LogP contribution >= 0.6 is 15.9 Å². The van der Waals surface area contributed by atoms with Gasteiger partial charge in [-0.15, -0.1) is 0 Å². The Balaban J connectivity index is 2.14. The van der Waals surface area contributed by atoms with Crippen LogP contribution in [0.25, 0.3) is 0 Å². The van der Waals surface area contributed by atoms with Gasteiger partial charge in [-0.1, -0.05) is 28.1 Å². The molecule has 3 N–H and O–H groups in total. The first kappa shape index (κ1) is 15.7. The Kier molecular flexibility index (Phi) is 5.12. The molecule has 4 heteroatoms. The topological polar surface area (TPSA) is 47.3 Å². The third kappa shape index (κ3) is 4.67. The normalized spacial score (nSPS) is 12.2. The van der Waals surface area contributed by atoms with Crippen LogP contribution in [0.3, 0.4) is 0 Å². The van der Waals surface area contributed by atoms with E-state index in [1.807, 2.05) is 44.2 Å². The fourth-order valence-corrected chi connectivity index (χ4v) is 2.39. The van der Waals surface area contributed by atoms with Crippen LogP contribution in [-0.4, -0.2) is 6.10 Å². The summed E-state index contributed by atoms with van der Waals surface area (Å²) in [5.41, 5.74) is 8.81. The van der Waals surface area contributed by atoms with Gasteiger partial charge in [0.15, 0.2) is 0 Å². The number of ether oxygens (including phenoxy) is 1. The summed E-state index contributed by atoms with van der Waals surface area (Å²) >= 11 is 3.45. The van der Waals surface area contributed by atoms with Gasteiger partial charge in [-0.25, -0.2) is 0 Å². The van der Waals surface area contributed by atoms with Gasteiger partial charge < -0.3 is 15.8 Å². The minimum absolute atomic E-state index is 0.128. The van der Waals surface area contributed by atoms with E-state index in [9.17, 15) is 0 Å². The number of anilines is 2. The minimum atomic E-state index is 0.128. The summed E-state index contributed by atoms with van der Waals surface area (Å²) in [5.74, 6) is 0.788. The lowest BCUT2D eigenvalue weighted by Crippen LogP contribution is -2.09. The molecule has 0 aliphatic rings. The molecule has 0 fully saturated rings. The van der Waals surface area contributed by atoms with Crippen LogP contribution < -0.4 is 15.8 Å². The highest BCUT2D eigenvalue weighted by Gasteiger charge is 2.07. The molecule has 3 nitrogen and oxygen atoms in total. The molecule has 0 spiro atoms. The Labute approximate surface area is 134 Å². The van der Waals surface area contributed by atoms with Crippen LogP contribution in [0, 0.1) is 0 Å². The fourth-order valence-electron chi connectivity index (χ4n) is 2.13. The number of halogens is 1. The van der Waals surface area contributed by atoms with E-state index in [0.717, 1.165) is 15.9 Å². The standard InChI is InChI=1S/C17H21BrN2O/c1-11(2)21-17-9-15(19)8-16(10-17)20-12(3)13-4-6-14(18)7-5-13/h4-12,20H,19H2,1-3H3. The van der Waals surface area contributed by atoms with Crippen molar-refractivity contribution in [3.05, 3.63) is 52.5 Å². The number of benzene rings is 2. The summed E-state index contributed by atoms with van der Waals surface area (Å²) in [6.45, 7) is 6.12. The lowest BCUT2D eigenvalue weighted by molar-refractivity contribution is 0.242. The van der Waals surface area contributed by atoms with Crippen LogP contribution in [0.2, 0.25) is 0 Å². The summed E-state index contributed by atoms with van der Waals surface area (Å²) in [7, 11) is 0. The first-order chi connectivity index (χ1) is 9.94. The predicted molar refractivity (Wildman–Crippen MR) is 92.8 cm³/mol. The number of hydrogen-bond acceptors (Lipinski definition) is 3. The molecule has 0 radical (unpaired) electrons. The molecule has 1 atom stereocenters. The summed E-state index contributed by atoms with van der Waals surface area (Å²) in [6.07, 6.45) is 0.128. The molecular weight excluding hydrogens is 328 g/mol. The minimum Gasteiger partial charge on any atom is -0.491 e. The van der Waals surface area contributed by atoms with Gasteiger partial charge in [0.25, 0.3) is 0 Å². The van der Waals surface area contributed by atoms with Crippen LogP contribution in [0.5, 0.6) is 5.75 Å². The Hall–Kier alpha value is -1.68. The lowest BCUT2D eigenvalue weighted by Gasteiger charge is -2.18. The number of hydrogen-bond donors (Lipinski definition) is 2. The Morgan fingerprint density at radius 2 is 1.71 bits per heavy atom. The van der Waals surface area contributed by atoms with Gasteiger partial charge in [0.1, 0.15) is 5.75 Å². The van der Waals surface area contributed by atoms with Crippen molar-refractivity contribution in [2.75, 3.05) is 11.1 Å². The molecular formula is C17H21BrN2O. The summed E-state index contributed by atoms with van der Waals surface area (Å²) in [4.78, 5) is 0. The first-order valence-electron chi connectivity index (χ1n) is 7.03. The van der Waals surface area contributed by atoms with Crippen molar-refractivity contribution in [3.8, 4) is 5.75 Å². The van der Waals surface area contributed by atoms with Crippen molar-refractivity contribution in [1.82, 2.24) is 0 Å². The van der Waals surface area contributed by atoms with E-state index < -0.39 is 0 Å². The maximum Gasteiger partial charge on any atom is 0.123 e. The van der Waals surface area contributed by atoms with Crippen LogP contribution in [-0.2, 0) is 0 Å². The molecule has 0 heterocycles. The molecule has 112 valence electrons. The first-order valence-corrected chi connectivity index (χ1v) is 7.82. The molecule has 2 aromatic carbocycles. The number of rotatable bonds is 5. The van der Waals surface area contributed by atoms with Crippen LogP contribution in [0.1, 0.15) is 32.4 Å². The Bertz CT molecular complexity index is 596. The highest BCUT2D eigenvalue weighted by Crippen LogP contribution is 2.27. The number of nitrogens with two attached hydrogens (primary N) is 1. The molecule has 0 aromatic heterocycles. The largest absolute Gasteiger partial charge is 0.491 e. The molecule has 2 aromatic rings. The molecule has 0 aliphatic carbocycles. The van der Waals surface area contributed by atoms with E-state index >= 15 is 0 Å². The molecule has 0 saturated heterocycles. The van der Waals surface area contributed by atoms with E-state index in [1.54, 1.807) is 0 Å². The van der Waals surface area contributed by atoms with Gasteiger partial charge >= 0.3 is 0 Å². The van der Waals surface area contributed by atoms with Gasteiger partial charge in [-0.05, 0) is 44.5 Å². The van der Waals surface area contributed by atoms with Gasteiger partial charge in [0, 0.05) is 34.0 Å². The van der Waals surface area contributed by atoms with Gasteiger partial charge in [0.05, 0.1) is 6.10 Å². The van der Waals surface area contributed by atoms with Crippen molar-refractivity contribution >= 4 is 27.3 Å². The summed E-state index contributed by atoms with van der Waals surface area (Å²) in [5, 5.41) is 3.46. The predicted octanol–water partition coefficient (Wildman–Crippen LogP) is 4.99. The van der Waals surface area contributed by atoms with Crippen LogP contribution in [0.15, 0.2) is 46.9 Å². The number of nitrogens with one attached hydrogen (secondary N) is 1. The fraction of sp³-hybridized carbons (Fsp3) is 0.294. The van der Waals surface area contributed by atoms with E-state index in [4.69, 9.17) is 10.5 Å². The van der Waals surface area contributed by atoms with Gasteiger partial charge in [-0.3, -0.25) is 0 Å². The average molecular weight is 349 g/mol. The lowest BCUT2D eigenvalue weighted by atomic mass is 10.1. The van der Waals surface area contributed by atoms with Crippen molar-refractivity contribution < 1.29 is 4.74 Å². The molecule has 0 aliphatic heterocycles. The monoisotopic (exact) mass is 348 g/mol. The second kappa shape index (κ2) is 6.85. The van der Waals surface area contributed by atoms with E-state index in [-0.39, 0.29) is 12.1 Å². The highest BCUT2D eigenvalue weighted by molar-refractivity contribution is 9.10. The number of nitrogen functional groups attached to an aromatic ring is 1. The van der Waals surface area contributed by atoms with Crippen molar-refractivity contribution in [1.29, 1.82) is 0 Å². The molecule has 0 bridgehead atoms. The van der Waals surface area contributed by atoms with Gasteiger partial charge in [-0.2, -0.15) is 0 Å². The second-order valence-corrected chi connectivity index (χ2v) is 6.29. The Morgan fingerprint density at radius 3 is 2.33 bits per heavy atom. The third-order valence-corrected chi connectivity index (χ3v) is 3.58. The highest BCUT2D eigenvalue weighted by atomic mass is 79.9. The van der Waals surface area contributed by atoms with E-state index in [1.165, 1.54) is 5.56 Å². The smallest absolute Gasteiger partial charge is 0.123 e. The van der Waals surface area contributed by atoms with E-state index in [0.29, 0.717) is 5.69 Å². The third-order valence-electron chi connectivity index (χ3n) is 3.05. The second-order valence-electron chi connectivity index (χ2n) is 5.37. The molecule has 2 rings (SSSR count). The van der Waals surface area contributed by atoms with Crippen molar-refractivity contribution in [2.24, 2.45) is 0 Å². The SMILES string of the molecule is CC(C)Oc1cc(N)cc(NC(C)c2ccc(Br)cc2)c1. The summed E-state index contributed by atoms with van der Waals surface area (Å²) in [6, 6.07) is 14.2. The molecule has 21 heavy (non-hydrogen) atoms. The maximum atomic E-state index is 5.94. The molecule has 1 unspecified atom stereocenters.